The topological polar surface area (TPSA) is 91.6 Å². The van der Waals surface area contributed by atoms with Crippen molar-refractivity contribution in [3.05, 3.63) is 39.2 Å². The van der Waals surface area contributed by atoms with Gasteiger partial charge in [-0.1, -0.05) is 0 Å². The van der Waals surface area contributed by atoms with Crippen molar-refractivity contribution in [1.29, 1.82) is 0 Å². The van der Waals surface area contributed by atoms with Crippen molar-refractivity contribution in [3.63, 3.8) is 0 Å². The molecule has 152 valence electrons. The molecule has 0 unspecified atom stereocenters. The molecular weight excluding hydrogens is 356 g/mol. The van der Waals surface area contributed by atoms with E-state index in [1.807, 2.05) is 6.92 Å². The van der Waals surface area contributed by atoms with Crippen LogP contribution < -0.4 is 16.3 Å². The molecule has 1 aromatic heterocycles. The number of carbonyl (C=O) groups is 1. The lowest BCUT2D eigenvalue weighted by atomic mass is 9.79. The highest BCUT2D eigenvalue weighted by Gasteiger charge is 2.38. The van der Waals surface area contributed by atoms with Crippen LogP contribution in [0.4, 0.5) is 0 Å². The van der Waals surface area contributed by atoms with E-state index in [0.717, 1.165) is 23.8 Å². The van der Waals surface area contributed by atoms with E-state index in [4.69, 9.17) is 4.42 Å². The molecule has 1 fully saturated rings. The minimum atomic E-state index is -0.528. The summed E-state index contributed by atoms with van der Waals surface area (Å²) < 4.78 is 5.44. The largest absolute Gasteiger partial charge is 0.508 e. The average Bonchev–Trinajstić information content (AvgIpc) is 2.52. The Bertz CT molecular complexity index is 972. The maximum Gasteiger partial charge on any atom is 0.340 e. The van der Waals surface area contributed by atoms with Gasteiger partial charge in [0.05, 0.1) is 12.0 Å². The fourth-order valence-corrected chi connectivity index (χ4v) is 4.65. The number of hydrogen-bond acceptors (Lipinski definition) is 5. The molecule has 0 radical (unpaired) electrons. The number of benzene rings is 1. The van der Waals surface area contributed by atoms with Crippen LogP contribution in [0.15, 0.2) is 21.3 Å². The van der Waals surface area contributed by atoms with Crippen molar-refractivity contribution in [2.45, 2.75) is 77.9 Å². The summed E-state index contributed by atoms with van der Waals surface area (Å²) in [5, 5.41) is 17.3. The first-order valence-electron chi connectivity index (χ1n) is 9.72. The van der Waals surface area contributed by atoms with Crippen molar-refractivity contribution >= 4 is 16.9 Å². The second kappa shape index (κ2) is 6.92. The molecule has 2 aromatic rings. The summed E-state index contributed by atoms with van der Waals surface area (Å²) in [4.78, 5) is 25.2. The van der Waals surface area contributed by atoms with Crippen LogP contribution in [0.2, 0.25) is 0 Å². The zero-order valence-corrected chi connectivity index (χ0v) is 17.5. The number of aromatic hydroxyl groups is 1. The summed E-state index contributed by atoms with van der Waals surface area (Å²) in [5.74, 6) is -0.0968. The van der Waals surface area contributed by atoms with Crippen LogP contribution in [0.5, 0.6) is 5.75 Å². The molecule has 0 saturated carbocycles. The van der Waals surface area contributed by atoms with Crippen LogP contribution in [0, 0.1) is 13.8 Å². The molecule has 6 heteroatoms. The van der Waals surface area contributed by atoms with Gasteiger partial charge in [0.15, 0.2) is 0 Å². The molecule has 6 nitrogen and oxygen atoms in total. The zero-order chi connectivity index (χ0) is 20.9. The first-order chi connectivity index (χ1) is 12.9. The average molecular weight is 386 g/mol. The van der Waals surface area contributed by atoms with Crippen LogP contribution in [0.3, 0.4) is 0 Å². The smallest absolute Gasteiger partial charge is 0.340 e. The SMILES string of the molecule is Cc1c(CC(=O)NC2CC(C)(C)NC(C)(C)C2)c(=O)oc2c(C)c(O)ccc12. The highest BCUT2D eigenvalue weighted by atomic mass is 16.4. The molecule has 0 bridgehead atoms. The zero-order valence-electron chi connectivity index (χ0n) is 17.5. The number of amides is 1. The Kier molecular flexibility index (Phi) is 5.04. The van der Waals surface area contributed by atoms with Crippen LogP contribution in [-0.2, 0) is 11.2 Å². The van der Waals surface area contributed by atoms with E-state index < -0.39 is 5.63 Å². The van der Waals surface area contributed by atoms with E-state index in [0.29, 0.717) is 16.7 Å². The van der Waals surface area contributed by atoms with Gasteiger partial charge >= 0.3 is 5.63 Å². The molecule has 0 atom stereocenters. The van der Waals surface area contributed by atoms with Gasteiger partial charge in [0, 0.05) is 28.1 Å². The first kappa shape index (κ1) is 20.4. The fraction of sp³-hybridized carbons (Fsp3) is 0.545. The molecule has 1 aromatic carbocycles. The quantitative estimate of drug-likeness (QED) is 0.705. The minimum Gasteiger partial charge on any atom is -0.508 e. The van der Waals surface area contributed by atoms with Gasteiger partial charge in [-0.3, -0.25) is 4.79 Å². The van der Waals surface area contributed by atoms with Gasteiger partial charge in [0.1, 0.15) is 11.3 Å². The Balaban J connectivity index is 1.84. The van der Waals surface area contributed by atoms with Gasteiger partial charge in [0.2, 0.25) is 5.91 Å². The Labute approximate surface area is 165 Å². The number of fused-ring (bicyclic) bond motifs is 1. The predicted octanol–water partition coefficient (Wildman–Crippen LogP) is 3.08. The Morgan fingerprint density at radius 1 is 1.18 bits per heavy atom. The van der Waals surface area contributed by atoms with E-state index in [9.17, 15) is 14.7 Å². The number of aryl methyl sites for hydroxylation is 2. The number of phenols is 1. The first-order valence-corrected chi connectivity index (χ1v) is 9.72. The van der Waals surface area contributed by atoms with Crippen molar-refractivity contribution in [1.82, 2.24) is 10.6 Å². The summed E-state index contributed by atoms with van der Waals surface area (Å²) in [6, 6.07) is 3.34. The summed E-state index contributed by atoms with van der Waals surface area (Å²) in [7, 11) is 0. The second-order valence-corrected chi connectivity index (χ2v) is 9.32. The third kappa shape index (κ3) is 4.07. The monoisotopic (exact) mass is 386 g/mol. The molecule has 1 aliphatic rings. The molecular formula is C22H30N2O4. The van der Waals surface area contributed by atoms with Crippen LogP contribution in [0.1, 0.15) is 57.2 Å². The summed E-state index contributed by atoms with van der Waals surface area (Å²) >= 11 is 0. The Morgan fingerprint density at radius 2 is 1.79 bits per heavy atom. The van der Waals surface area contributed by atoms with Gasteiger partial charge in [0.25, 0.3) is 0 Å². The number of nitrogens with one attached hydrogen (secondary N) is 2. The lowest BCUT2D eigenvalue weighted by Gasteiger charge is -2.46. The van der Waals surface area contributed by atoms with E-state index in [1.54, 1.807) is 19.1 Å². The lowest BCUT2D eigenvalue weighted by Crippen LogP contribution is -2.62. The van der Waals surface area contributed by atoms with Crippen molar-refractivity contribution < 1.29 is 14.3 Å². The summed E-state index contributed by atoms with van der Waals surface area (Å²) in [6.07, 6.45) is 1.63. The van der Waals surface area contributed by atoms with Gasteiger partial charge < -0.3 is 20.2 Å². The predicted molar refractivity (Wildman–Crippen MR) is 110 cm³/mol. The molecule has 3 N–H and O–H groups in total. The Morgan fingerprint density at radius 3 is 2.39 bits per heavy atom. The lowest BCUT2D eigenvalue weighted by molar-refractivity contribution is -0.121. The maximum atomic E-state index is 12.7. The number of phenolic OH excluding ortho intramolecular Hbond substituents is 1. The van der Waals surface area contributed by atoms with E-state index >= 15 is 0 Å². The van der Waals surface area contributed by atoms with Gasteiger partial charge in [-0.2, -0.15) is 0 Å². The highest BCUT2D eigenvalue weighted by Crippen LogP contribution is 2.30. The molecule has 0 spiro atoms. The van der Waals surface area contributed by atoms with Crippen molar-refractivity contribution in [2.24, 2.45) is 0 Å². The highest BCUT2D eigenvalue weighted by molar-refractivity contribution is 5.87. The normalized spacial score (nSPS) is 18.9. The van der Waals surface area contributed by atoms with Crippen LogP contribution >= 0.6 is 0 Å². The second-order valence-electron chi connectivity index (χ2n) is 9.32. The number of rotatable bonds is 3. The third-order valence-corrected chi connectivity index (χ3v) is 5.57. The van der Waals surface area contributed by atoms with E-state index in [2.05, 4.69) is 38.3 Å². The molecule has 28 heavy (non-hydrogen) atoms. The van der Waals surface area contributed by atoms with Gasteiger partial charge in [-0.15, -0.1) is 0 Å². The van der Waals surface area contributed by atoms with Crippen LogP contribution in [-0.4, -0.2) is 28.1 Å². The van der Waals surface area contributed by atoms with Crippen LogP contribution in [0.25, 0.3) is 11.0 Å². The number of carbonyl (C=O) groups excluding carboxylic acids is 1. The molecule has 2 heterocycles. The molecule has 0 aliphatic carbocycles. The van der Waals surface area contributed by atoms with Crippen molar-refractivity contribution in [2.75, 3.05) is 0 Å². The number of hydrogen-bond donors (Lipinski definition) is 3. The number of piperidine rings is 1. The summed E-state index contributed by atoms with van der Waals surface area (Å²) in [6.45, 7) is 12.0. The van der Waals surface area contributed by atoms with Crippen molar-refractivity contribution in [3.8, 4) is 5.75 Å². The van der Waals surface area contributed by atoms with Gasteiger partial charge in [-0.25, -0.2) is 4.79 Å². The molecule has 1 amide bonds. The molecule has 1 saturated heterocycles. The van der Waals surface area contributed by atoms with E-state index in [1.165, 1.54) is 0 Å². The summed E-state index contributed by atoms with van der Waals surface area (Å²) in [5.41, 5.74) is 1.30. The third-order valence-electron chi connectivity index (χ3n) is 5.57. The fourth-order valence-electron chi connectivity index (χ4n) is 4.65. The minimum absolute atomic E-state index is 0.0190. The maximum absolute atomic E-state index is 12.7. The Hall–Kier alpha value is -2.34. The molecule has 3 rings (SSSR count). The van der Waals surface area contributed by atoms with Gasteiger partial charge in [-0.05, 0) is 72.1 Å². The van der Waals surface area contributed by atoms with E-state index in [-0.39, 0.29) is 35.2 Å². The molecule has 1 aliphatic heterocycles. The standard InChI is InChI=1S/C22H30N2O4/c1-12-15-7-8-17(25)13(2)19(15)28-20(27)16(12)9-18(26)23-14-10-21(3,4)24-22(5,6)11-14/h7-8,14,24-25H,9-11H2,1-6H3,(H,23,26).